The minimum absolute atomic E-state index is 0.0623. The van der Waals surface area contributed by atoms with E-state index in [1.54, 1.807) is 6.07 Å². The number of nitrogens with zero attached hydrogens (tertiary/aromatic N) is 2. The minimum Gasteiger partial charge on any atom is -0.361 e. The van der Waals surface area contributed by atoms with E-state index in [4.69, 9.17) is 11.6 Å². The van der Waals surface area contributed by atoms with E-state index in [1.165, 1.54) is 0 Å². The van der Waals surface area contributed by atoms with Gasteiger partial charge in [0.25, 0.3) is 0 Å². The summed E-state index contributed by atoms with van der Waals surface area (Å²) < 4.78 is 0. The van der Waals surface area contributed by atoms with Gasteiger partial charge in [-0.3, -0.25) is 4.79 Å². The van der Waals surface area contributed by atoms with Crippen molar-refractivity contribution in [1.29, 1.82) is 0 Å². The Bertz CT molecular complexity index is 446. The van der Waals surface area contributed by atoms with Gasteiger partial charge in [0.15, 0.2) is 0 Å². The largest absolute Gasteiger partial charge is 0.361 e. The van der Waals surface area contributed by atoms with Crippen molar-refractivity contribution in [1.82, 2.24) is 15.3 Å². The Balaban J connectivity index is 1.94. The van der Waals surface area contributed by atoms with Gasteiger partial charge in [0.05, 0.1) is 6.54 Å². The molecule has 1 aliphatic carbocycles. The molecule has 0 unspecified atom stereocenters. The van der Waals surface area contributed by atoms with Crippen molar-refractivity contribution < 1.29 is 4.79 Å². The third kappa shape index (κ3) is 3.84. The lowest BCUT2D eigenvalue weighted by molar-refractivity contribution is -0.119. The number of halogens is 1. The van der Waals surface area contributed by atoms with Crippen LogP contribution in [0, 0.1) is 0 Å². The Morgan fingerprint density at radius 3 is 2.83 bits per heavy atom. The minimum atomic E-state index is -0.0623. The van der Waals surface area contributed by atoms with Gasteiger partial charge in [0, 0.05) is 18.0 Å². The molecule has 6 heteroatoms. The first kappa shape index (κ1) is 13.1. The topological polar surface area (TPSA) is 66.9 Å². The molecule has 0 spiro atoms. The molecule has 1 fully saturated rings. The predicted molar refractivity (Wildman–Crippen MR) is 70.8 cm³/mol. The first-order chi connectivity index (χ1) is 8.54. The van der Waals surface area contributed by atoms with Crippen LogP contribution >= 0.6 is 11.6 Å². The fraction of sp³-hybridized carbons (Fsp3) is 0.583. The molecule has 1 aliphatic rings. The van der Waals surface area contributed by atoms with Gasteiger partial charge in [0.1, 0.15) is 16.8 Å². The van der Waals surface area contributed by atoms with Crippen molar-refractivity contribution in [2.75, 3.05) is 11.9 Å². The molecule has 0 aliphatic heterocycles. The van der Waals surface area contributed by atoms with Crippen molar-refractivity contribution in [2.24, 2.45) is 0 Å². The Labute approximate surface area is 111 Å². The molecule has 0 saturated heterocycles. The van der Waals surface area contributed by atoms with Crippen molar-refractivity contribution in [3.05, 3.63) is 17.0 Å². The van der Waals surface area contributed by atoms with E-state index in [1.807, 2.05) is 13.8 Å². The van der Waals surface area contributed by atoms with Crippen LogP contribution in [0.15, 0.2) is 6.07 Å². The molecule has 1 aromatic heterocycles. The first-order valence-electron chi connectivity index (χ1n) is 6.12. The summed E-state index contributed by atoms with van der Waals surface area (Å²) in [6.45, 7) is 4.03. The normalized spacial score (nSPS) is 14.7. The number of hydrogen-bond acceptors (Lipinski definition) is 4. The zero-order valence-corrected chi connectivity index (χ0v) is 11.3. The van der Waals surface area contributed by atoms with E-state index in [9.17, 15) is 4.79 Å². The quantitative estimate of drug-likeness (QED) is 0.801. The highest BCUT2D eigenvalue weighted by atomic mass is 35.5. The molecular formula is C12H17ClN4O. The molecule has 0 aromatic carbocycles. The molecule has 2 N–H and O–H groups in total. The van der Waals surface area contributed by atoms with Crippen molar-refractivity contribution in [3.8, 4) is 0 Å². The summed E-state index contributed by atoms with van der Waals surface area (Å²) in [7, 11) is 0. The Morgan fingerprint density at radius 2 is 2.22 bits per heavy atom. The molecule has 0 radical (unpaired) electrons. The molecule has 1 heterocycles. The summed E-state index contributed by atoms with van der Waals surface area (Å²) >= 11 is 5.93. The monoisotopic (exact) mass is 268 g/mol. The van der Waals surface area contributed by atoms with Gasteiger partial charge in [0.2, 0.25) is 5.91 Å². The molecule has 1 aromatic rings. The van der Waals surface area contributed by atoms with Crippen LogP contribution in [-0.4, -0.2) is 28.5 Å². The first-order valence-corrected chi connectivity index (χ1v) is 6.50. The molecule has 5 nitrogen and oxygen atoms in total. The number of carbonyl (C=O) groups excluding carboxylic acids is 1. The second-order valence-corrected chi connectivity index (χ2v) is 5.17. The summed E-state index contributed by atoms with van der Waals surface area (Å²) in [5.74, 6) is 1.76. The van der Waals surface area contributed by atoms with Crippen LogP contribution in [0.4, 0.5) is 5.82 Å². The summed E-state index contributed by atoms with van der Waals surface area (Å²) in [5.41, 5.74) is 0. The van der Waals surface area contributed by atoms with Crippen molar-refractivity contribution in [3.63, 3.8) is 0 Å². The molecular weight excluding hydrogens is 252 g/mol. The number of rotatable bonds is 5. The van der Waals surface area contributed by atoms with Crippen molar-refractivity contribution in [2.45, 2.75) is 38.6 Å². The maximum Gasteiger partial charge on any atom is 0.239 e. The molecule has 0 bridgehead atoms. The summed E-state index contributed by atoms with van der Waals surface area (Å²) in [5, 5.41) is 6.18. The van der Waals surface area contributed by atoms with E-state index in [-0.39, 0.29) is 18.5 Å². The molecule has 1 saturated carbocycles. The second-order valence-electron chi connectivity index (χ2n) is 4.78. The number of anilines is 1. The third-order valence-corrected chi connectivity index (χ3v) is 2.73. The van der Waals surface area contributed by atoms with Crippen LogP contribution in [-0.2, 0) is 4.79 Å². The SMILES string of the molecule is CC(C)NC(=O)CNc1cc(Cl)nc(C2CC2)n1. The van der Waals surface area contributed by atoms with Gasteiger partial charge in [-0.05, 0) is 26.7 Å². The Morgan fingerprint density at radius 1 is 1.50 bits per heavy atom. The molecule has 18 heavy (non-hydrogen) atoms. The van der Waals surface area contributed by atoms with Crippen LogP contribution < -0.4 is 10.6 Å². The van der Waals surface area contributed by atoms with Crippen molar-refractivity contribution >= 4 is 23.3 Å². The summed E-state index contributed by atoms with van der Waals surface area (Å²) in [6.07, 6.45) is 2.24. The van der Waals surface area contributed by atoms with E-state index >= 15 is 0 Å². The molecule has 98 valence electrons. The van der Waals surface area contributed by atoms with Gasteiger partial charge < -0.3 is 10.6 Å². The second kappa shape index (κ2) is 5.52. The fourth-order valence-electron chi connectivity index (χ4n) is 1.59. The van der Waals surface area contributed by atoms with Crippen LogP contribution in [0.2, 0.25) is 5.15 Å². The smallest absolute Gasteiger partial charge is 0.239 e. The van der Waals surface area contributed by atoms with Crippen LogP contribution in [0.1, 0.15) is 38.4 Å². The highest BCUT2D eigenvalue weighted by Gasteiger charge is 2.27. The van der Waals surface area contributed by atoms with Gasteiger partial charge in [-0.25, -0.2) is 9.97 Å². The van der Waals surface area contributed by atoms with Crippen LogP contribution in [0.5, 0.6) is 0 Å². The van der Waals surface area contributed by atoms with Gasteiger partial charge in [-0.2, -0.15) is 0 Å². The van der Waals surface area contributed by atoms with Crippen LogP contribution in [0.3, 0.4) is 0 Å². The zero-order valence-electron chi connectivity index (χ0n) is 10.5. The molecule has 2 rings (SSSR count). The third-order valence-electron chi connectivity index (χ3n) is 2.53. The van der Waals surface area contributed by atoms with Gasteiger partial charge in [-0.1, -0.05) is 11.6 Å². The maximum atomic E-state index is 11.5. The van der Waals surface area contributed by atoms with Gasteiger partial charge >= 0.3 is 0 Å². The van der Waals surface area contributed by atoms with E-state index in [2.05, 4.69) is 20.6 Å². The fourth-order valence-corrected chi connectivity index (χ4v) is 1.78. The number of carbonyl (C=O) groups is 1. The maximum absolute atomic E-state index is 11.5. The summed E-state index contributed by atoms with van der Waals surface area (Å²) in [6, 6.07) is 1.77. The average molecular weight is 269 g/mol. The standard InChI is InChI=1S/C12H17ClN4O/c1-7(2)15-11(18)6-14-10-5-9(13)16-12(17-10)8-3-4-8/h5,7-8H,3-4,6H2,1-2H3,(H,15,18)(H,14,16,17). The van der Waals surface area contributed by atoms with E-state index in [0.717, 1.165) is 18.7 Å². The van der Waals surface area contributed by atoms with Gasteiger partial charge in [-0.15, -0.1) is 0 Å². The number of amides is 1. The van der Waals surface area contributed by atoms with E-state index < -0.39 is 0 Å². The highest BCUT2D eigenvalue weighted by Crippen LogP contribution is 2.38. The highest BCUT2D eigenvalue weighted by molar-refractivity contribution is 6.29. The lowest BCUT2D eigenvalue weighted by atomic mass is 10.3. The predicted octanol–water partition coefficient (Wildman–Crippen LogP) is 1.94. The average Bonchev–Trinajstić information content (AvgIpc) is 3.08. The molecule has 1 amide bonds. The Hall–Kier alpha value is -1.36. The zero-order chi connectivity index (χ0) is 13.1. The number of aromatic nitrogens is 2. The molecule has 0 atom stereocenters. The lowest BCUT2D eigenvalue weighted by Gasteiger charge is -2.10. The summed E-state index contributed by atoms with van der Waals surface area (Å²) in [4.78, 5) is 20.0. The lowest BCUT2D eigenvalue weighted by Crippen LogP contribution is -2.35. The number of nitrogens with one attached hydrogen (secondary N) is 2. The number of hydrogen-bond donors (Lipinski definition) is 2. The van der Waals surface area contributed by atoms with Crippen LogP contribution in [0.25, 0.3) is 0 Å². The Kier molecular flexibility index (Phi) is 4.01. The van der Waals surface area contributed by atoms with E-state index in [0.29, 0.717) is 16.9 Å².